The molecule has 1 rings (SSSR count). The molecule has 0 aliphatic heterocycles. The molecule has 0 unspecified atom stereocenters. The molecule has 0 amide bonds. The van der Waals surface area contributed by atoms with Crippen molar-refractivity contribution in [2.45, 2.75) is 45.6 Å². The maximum absolute atomic E-state index is 5.55. The predicted molar refractivity (Wildman–Crippen MR) is 88.0 cm³/mol. The van der Waals surface area contributed by atoms with E-state index in [4.69, 9.17) is 9.47 Å². The molecule has 0 heterocycles. The maximum atomic E-state index is 5.55. The monoisotopic (exact) mass is 343 g/mol. The van der Waals surface area contributed by atoms with Crippen LogP contribution in [-0.4, -0.2) is 26.8 Å². The summed E-state index contributed by atoms with van der Waals surface area (Å²) in [6, 6.07) is 4.44. The van der Waals surface area contributed by atoms with Gasteiger partial charge in [0.05, 0.1) is 14.2 Å². The lowest BCUT2D eigenvalue weighted by atomic mass is 9.81. The van der Waals surface area contributed by atoms with Gasteiger partial charge >= 0.3 is 0 Å². The molecule has 0 saturated heterocycles. The van der Waals surface area contributed by atoms with Gasteiger partial charge in [-0.15, -0.1) is 0 Å². The number of benzene rings is 1. The molecule has 0 fully saturated rings. The first kappa shape index (κ1) is 17.3. The Morgan fingerprint density at radius 2 is 1.85 bits per heavy atom. The number of nitrogens with one attached hydrogen (secondary N) is 1. The molecule has 0 aromatic heterocycles. The summed E-state index contributed by atoms with van der Waals surface area (Å²) >= 11 is 3.66. The molecule has 0 aliphatic rings. The first-order chi connectivity index (χ1) is 9.31. The van der Waals surface area contributed by atoms with Gasteiger partial charge in [0.25, 0.3) is 0 Å². The van der Waals surface area contributed by atoms with E-state index in [1.54, 1.807) is 14.2 Å². The van der Waals surface area contributed by atoms with Gasteiger partial charge in [-0.25, -0.2) is 0 Å². The van der Waals surface area contributed by atoms with Crippen molar-refractivity contribution in [2.75, 3.05) is 20.8 Å². The van der Waals surface area contributed by atoms with Crippen LogP contribution >= 0.6 is 15.9 Å². The van der Waals surface area contributed by atoms with Crippen LogP contribution in [0.25, 0.3) is 0 Å². The Bertz CT molecular complexity index is 444. The highest BCUT2D eigenvalue weighted by molar-refractivity contribution is 9.10. The Morgan fingerprint density at radius 3 is 2.35 bits per heavy atom. The van der Waals surface area contributed by atoms with Gasteiger partial charge in [0.15, 0.2) is 0 Å². The number of halogens is 1. The van der Waals surface area contributed by atoms with Crippen LogP contribution < -0.4 is 14.8 Å². The number of hydrogen-bond acceptors (Lipinski definition) is 3. The van der Waals surface area contributed by atoms with Crippen molar-refractivity contribution in [1.82, 2.24) is 5.32 Å². The standard InChI is InChI=1S/C16H26BrNO2/c1-11(2)18-8-7-16(3,4)15-13(17)9-12(19-5)10-14(15)20-6/h9-11,18H,7-8H2,1-6H3. The zero-order chi connectivity index (χ0) is 15.3. The molecule has 0 saturated carbocycles. The maximum Gasteiger partial charge on any atom is 0.127 e. The van der Waals surface area contributed by atoms with E-state index in [9.17, 15) is 0 Å². The van der Waals surface area contributed by atoms with Gasteiger partial charge in [-0.1, -0.05) is 43.6 Å². The number of methoxy groups -OCH3 is 2. The third-order valence-electron chi connectivity index (χ3n) is 3.46. The second-order valence-corrected chi connectivity index (χ2v) is 6.78. The van der Waals surface area contributed by atoms with Crippen LogP contribution in [-0.2, 0) is 5.41 Å². The Labute approximate surface area is 131 Å². The fourth-order valence-electron chi connectivity index (χ4n) is 2.29. The lowest BCUT2D eigenvalue weighted by Gasteiger charge is -2.29. The van der Waals surface area contributed by atoms with Gasteiger partial charge in [0.1, 0.15) is 11.5 Å². The fraction of sp³-hybridized carbons (Fsp3) is 0.625. The van der Waals surface area contributed by atoms with Crippen molar-refractivity contribution in [3.8, 4) is 11.5 Å². The fourth-order valence-corrected chi connectivity index (χ4v) is 3.25. The SMILES string of the molecule is COc1cc(Br)c(C(C)(C)CCNC(C)C)c(OC)c1. The van der Waals surface area contributed by atoms with Crippen molar-refractivity contribution in [3.05, 3.63) is 22.2 Å². The molecule has 4 heteroatoms. The molecule has 0 aliphatic carbocycles. The normalized spacial score (nSPS) is 11.8. The molecule has 20 heavy (non-hydrogen) atoms. The number of ether oxygens (including phenoxy) is 2. The third-order valence-corrected chi connectivity index (χ3v) is 4.09. The van der Waals surface area contributed by atoms with Crippen LogP contribution in [0.15, 0.2) is 16.6 Å². The van der Waals surface area contributed by atoms with Crippen molar-refractivity contribution < 1.29 is 9.47 Å². The van der Waals surface area contributed by atoms with Gasteiger partial charge in [-0.3, -0.25) is 0 Å². The second-order valence-electron chi connectivity index (χ2n) is 5.93. The molecule has 3 nitrogen and oxygen atoms in total. The number of hydrogen-bond donors (Lipinski definition) is 1. The minimum absolute atomic E-state index is 0.0122. The van der Waals surface area contributed by atoms with E-state index < -0.39 is 0 Å². The second kappa shape index (κ2) is 7.32. The van der Waals surface area contributed by atoms with E-state index in [0.717, 1.165) is 28.9 Å². The molecule has 0 atom stereocenters. The summed E-state index contributed by atoms with van der Waals surface area (Å²) in [6.45, 7) is 9.79. The van der Waals surface area contributed by atoms with Crippen molar-refractivity contribution in [1.29, 1.82) is 0 Å². The molecular weight excluding hydrogens is 318 g/mol. The minimum Gasteiger partial charge on any atom is -0.497 e. The lowest BCUT2D eigenvalue weighted by Crippen LogP contribution is -2.30. The molecule has 0 bridgehead atoms. The van der Waals surface area contributed by atoms with Gasteiger partial charge in [0.2, 0.25) is 0 Å². The first-order valence-electron chi connectivity index (χ1n) is 6.97. The summed E-state index contributed by atoms with van der Waals surface area (Å²) in [4.78, 5) is 0. The van der Waals surface area contributed by atoms with Crippen molar-refractivity contribution in [3.63, 3.8) is 0 Å². The van der Waals surface area contributed by atoms with Crippen LogP contribution in [0.5, 0.6) is 11.5 Å². The molecule has 1 aromatic carbocycles. The van der Waals surface area contributed by atoms with Crippen molar-refractivity contribution in [2.24, 2.45) is 0 Å². The van der Waals surface area contributed by atoms with E-state index in [2.05, 4.69) is 48.9 Å². The molecule has 114 valence electrons. The van der Waals surface area contributed by atoms with E-state index in [1.807, 2.05) is 12.1 Å². The molecule has 1 N–H and O–H groups in total. The molecule has 0 spiro atoms. The third kappa shape index (κ3) is 4.38. The van der Waals surface area contributed by atoms with Gasteiger partial charge < -0.3 is 14.8 Å². The van der Waals surface area contributed by atoms with Gasteiger partial charge in [0, 0.05) is 22.1 Å². The van der Waals surface area contributed by atoms with E-state index in [0.29, 0.717) is 6.04 Å². The molecular formula is C16H26BrNO2. The Morgan fingerprint density at radius 1 is 1.20 bits per heavy atom. The largest absolute Gasteiger partial charge is 0.497 e. The highest BCUT2D eigenvalue weighted by Gasteiger charge is 2.27. The molecule has 1 aromatic rings. The van der Waals surface area contributed by atoms with Crippen LogP contribution in [0.3, 0.4) is 0 Å². The van der Waals surface area contributed by atoms with Gasteiger partial charge in [-0.05, 0) is 24.4 Å². The van der Waals surface area contributed by atoms with Gasteiger partial charge in [-0.2, -0.15) is 0 Å². The van der Waals surface area contributed by atoms with Crippen LogP contribution in [0.4, 0.5) is 0 Å². The average Bonchev–Trinajstić information content (AvgIpc) is 2.36. The highest BCUT2D eigenvalue weighted by Crippen LogP contribution is 2.41. The Kier molecular flexibility index (Phi) is 6.34. The lowest BCUT2D eigenvalue weighted by molar-refractivity contribution is 0.369. The zero-order valence-electron chi connectivity index (χ0n) is 13.3. The van der Waals surface area contributed by atoms with Crippen LogP contribution in [0, 0.1) is 0 Å². The van der Waals surface area contributed by atoms with E-state index in [-0.39, 0.29) is 5.41 Å². The topological polar surface area (TPSA) is 30.5 Å². The summed E-state index contributed by atoms with van der Waals surface area (Å²) in [5.74, 6) is 1.67. The zero-order valence-corrected chi connectivity index (χ0v) is 14.9. The summed E-state index contributed by atoms with van der Waals surface area (Å²) in [5, 5.41) is 3.47. The van der Waals surface area contributed by atoms with E-state index >= 15 is 0 Å². The van der Waals surface area contributed by atoms with Crippen molar-refractivity contribution >= 4 is 15.9 Å². The van der Waals surface area contributed by atoms with E-state index in [1.165, 1.54) is 5.56 Å². The highest BCUT2D eigenvalue weighted by atomic mass is 79.9. The summed E-state index contributed by atoms with van der Waals surface area (Å²) in [6.07, 6.45) is 1.03. The van der Waals surface area contributed by atoms with Crippen LogP contribution in [0.2, 0.25) is 0 Å². The van der Waals surface area contributed by atoms with Crippen LogP contribution in [0.1, 0.15) is 39.7 Å². The summed E-state index contributed by atoms with van der Waals surface area (Å²) in [7, 11) is 3.37. The number of rotatable bonds is 7. The Hall–Kier alpha value is -0.740. The summed E-state index contributed by atoms with van der Waals surface area (Å²) < 4.78 is 11.9. The quantitative estimate of drug-likeness (QED) is 0.807. The Balaban J connectivity index is 3.03. The predicted octanol–water partition coefficient (Wildman–Crippen LogP) is 4.13. The smallest absolute Gasteiger partial charge is 0.127 e. The minimum atomic E-state index is 0.0122. The molecule has 0 radical (unpaired) electrons. The summed E-state index contributed by atoms with van der Waals surface area (Å²) in [5.41, 5.74) is 1.20. The average molecular weight is 344 g/mol. The first-order valence-corrected chi connectivity index (χ1v) is 7.76.